The Labute approximate surface area is 113 Å². The Morgan fingerprint density at radius 1 is 1.11 bits per heavy atom. The van der Waals surface area contributed by atoms with Gasteiger partial charge in [-0.1, -0.05) is 20.8 Å². The summed E-state index contributed by atoms with van der Waals surface area (Å²) in [5.74, 6) is 1.66. The monoisotopic (exact) mass is 253 g/mol. The molecule has 0 aromatic heterocycles. The van der Waals surface area contributed by atoms with E-state index in [0.717, 1.165) is 18.4 Å². The summed E-state index contributed by atoms with van der Waals surface area (Å²) >= 11 is 0. The zero-order valence-corrected chi connectivity index (χ0v) is 12.5. The number of likely N-dealkylation sites (tertiary alicyclic amines) is 2. The molecule has 0 bridgehead atoms. The topological polar surface area (TPSA) is 32.5 Å². The first-order chi connectivity index (χ1) is 8.61. The second-order valence-corrected chi connectivity index (χ2v) is 6.58. The van der Waals surface area contributed by atoms with Crippen molar-refractivity contribution in [3.63, 3.8) is 0 Å². The summed E-state index contributed by atoms with van der Waals surface area (Å²) in [6.07, 6.45) is 3.86. The fourth-order valence-electron chi connectivity index (χ4n) is 3.72. The van der Waals surface area contributed by atoms with Crippen LogP contribution in [0.15, 0.2) is 0 Å². The molecule has 3 atom stereocenters. The molecule has 0 spiro atoms. The second-order valence-electron chi connectivity index (χ2n) is 6.58. The smallest absolute Gasteiger partial charge is 0.0344 e. The SMILES string of the molecule is CCN1CCCC(CN)(N2CC(C)C(C)C2)CC1. The molecule has 0 amide bonds. The minimum Gasteiger partial charge on any atom is -0.329 e. The Balaban J connectivity index is 2.06. The largest absolute Gasteiger partial charge is 0.329 e. The van der Waals surface area contributed by atoms with E-state index in [2.05, 4.69) is 30.6 Å². The Hall–Kier alpha value is -0.120. The quantitative estimate of drug-likeness (QED) is 0.832. The number of hydrogen-bond acceptors (Lipinski definition) is 3. The third-order valence-corrected chi connectivity index (χ3v) is 5.50. The van der Waals surface area contributed by atoms with Gasteiger partial charge in [-0.3, -0.25) is 4.90 Å². The molecule has 106 valence electrons. The van der Waals surface area contributed by atoms with Crippen molar-refractivity contribution in [2.75, 3.05) is 39.3 Å². The molecular weight excluding hydrogens is 222 g/mol. The summed E-state index contributed by atoms with van der Waals surface area (Å²) in [4.78, 5) is 5.31. The third-order valence-electron chi connectivity index (χ3n) is 5.50. The first-order valence-electron chi connectivity index (χ1n) is 7.79. The Bertz CT molecular complexity index is 258. The summed E-state index contributed by atoms with van der Waals surface area (Å²) < 4.78 is 0. The van der Waals surface area contributed by atoms with Crippen LogP contribution in [-0.2, 0) is 0 Å². The zero-order chi connectivity index (χ0) is 13.2. The minimum absolute atomic E-state index is 0.295. The van der Waals surface area contributed by atoms with E-state index < -0.39 is 0 Å². The van der Waals surface area contributed by atoms with Gasteiger partial charge in [-0.25, -0.2) is 0 Å². The lowest BCUT2D eigenvalue weighted by Crippen LogP contribution is -2.53. The van der Waals surface area contributed by atoms with E-state index in [1.165, 1.54) is 52.0 Å². The first-order valence-corrected chi connectivity index (χ1v) is 7.79. The van der Waals surface area contributed by atoms with Crippen molar-refractivity contribution in [3.05, 3.63) is 0 Å². The van der Waals surface area contributed by atoms with Crippen LogP contribution in [0.2, 0.25) is 0 Å². The molecule has 0 saturated carbocycles. The molecule has 2 rings (SSSR count). The highest BCUT2D eigenvalue weighted by Gasteiger charge is 2.41. The first kappa shape index (κ1) is 14.3. The molecule has 2 aliphatic heterocycles. The van der Waals surface area contributed by atoms with Crippen molar-refractivity contribution >= 4 is 0 Å². The Kier molecular flexibility index (Phi) is 4.68. The summed E-state index contributed by atoms with van der Waals surface area (Å²) in [5, 5.41) is 0. The molecule has 2 aliphatic rings. The molecule has 2 fully saturated rings. The van der Waals surface area contributed by atoms with Crippen LogP contribution in [0.1, 0.15) is 40.0 Å². The fourth-order valence-corrected chi connectivity index (χ4v) is 3.72. The van der Waals surface area contributed by atoms with Gasteiger partial charge >= 0.3 is 0 Å². The van der Waals surface area contributed by atoms with Crippen molar-refractivity contribution in [1.29, 1.82) is 0 Å². The van der Waals surface area contributed by atoms with Gasteiger partial charge in [-0.05, 0) is 50.7 Å². The normalized spacial score (nSPS) is 40.0. The minimum atomic E-state index is 0.295. The van der Waals surface area contributed by atoms with Crippen LogP contribution in [0, 0.1) is 11.8 Å². The fraction of sp³-hybridized carbons (Fsp3) is 1.00. The molecule has 0 aromatic carbocycles. The standard InChI is InChI=1S/C15H31N3/c1-4-17-8-5-6-15(12-16,7-9-17)18-10-13(2)14(3)11-18/h13-14H,4-12,16H2,1-3H3. The van der Waals surface area contributed by atoms with E-state index in [4.69, 9.17) is 5.73 Å². The van der Waals surface area contributed by atoms with Crippen molar-refractivity contribution in [3.8, 4) is 0 Å². The predicted molar refractivity (Wildman–Crippen MR) is 77.7 cm³/mol. The van der Waals surface area contributed by atoms with E-state index >= 15 is 0 Å². The zero-order valence-electron chi connectivity index (χ0n) is 12.5. The van der Waals surface area contributed by atoms with Gasteiger partial charge in [-0.15, -0.1) is 0 Å². The summed E-state index contributed by atoms with van der Waals surface area (Å²) in [6, 6.07) is 0. The maximum absolute atomic E-state index is 6.21. The van der Waals surface area contributed by atoms with Crippen molar-refractivity contribution < 1.29 is 0 Å². The van der Waals surface area contributed by atoms with E-state index in [9.17, 15) is 0 Å². The van der Waals surface area contributed by atoms with Crippen LogP contribution in [0.3, 0.4) is 0 Å². The van der Waals surface area contributed by atoms with Gasteiger partial charge in [0, 0.05) is 25.2 Å². The molecule has 0 radical (unpaired) electrons. The van der Waals surface area contributed by atoms with E-state index in [1.807, 2.05) is 0 Å². The summed E-state index contributed by atoms with van der Waals surface area (Å²) in [5.41, 5.74) is 6.50. The van der Waals surface area contributed by atoms with Gasteiger partial charge in [0.05, 0.1) is 0 Å². The number of nitrogens with two attached hydrogens (primary N) is 1. The Morgan fingerprint density at radius 3 is 2.33 bits per heavy atom. The average molecular weight is 253 g/mol. The van der Waals surface area contributed by atoms with Crippen LogP contribution >= 0.6 is 0 Å². The molecule has 18 heavy (non-hydrogen) atoms. The van der Waals surface area contributed by atoms with Gasteiger partial charge in [0.2, 0.25) is 0 Å². The lowest BCUT2D eigenvalue weighted by molar-refractivity contribution is 0.0991. The number of nitrogens with zero attached hydrogens (tertiary/aromatic N) is 2. The summed E-state index contributed by atoms with van der Waals surface area (Å²) in [7, 11) is 0. The maximum atomic E-state index is 6.21. The van der Waals surface area contributed by atoms with Crippen LogP contribution in [0.4, 0.5) is 0 Å². The second kappa shape index (κ2) is 5.89. The van der Waals surface area contributed by atoms with Crippen LogP contribution < -0.4 is 5.73 Å². The molecule has 2 N–H and O–H groups in total. The van der Waals surface area contributed by atoms with Crippen LogP contribution in [0.25, 0.3) is 0 Å². The predicted octanol–water partition coefficient (Wildman–Crippen LogP) is 1.78. The summed E-state index contributed by atoms with van der Waals surface area (Å²) in [6.45, 7) is 14.1. The third kappa shape index (κ3) is 2.73. The van der Waals surface area contributed by atoms with Gasteiger partial charge in [0.1, 0.15) is 0 Å². The van der Waals surface area contributed by atoms with Gasteiger partial charge in [0.15, 0.2) is 0 Å². The molecule has 0 aliphatic carbocycles. The molecule has 3 unspecified atom stereocenters. The van der Waals surface area contributed by atoms with Crippen molar-refractivity contribution in [2.24, 2.45) is 17.6 Å². The van der Waals surface area contributed by atoms with Crippen LogP contribution in [0.5, 0.6) is 0 Å². The highest BCUT2D eigenvalue weighted by molar-refractivity contribution is 4.98. The van der Waals surface area contributed by atoms with E-state index in [-0.39, 0.29) is 0 Å². The van der Waals surface area contributed by atoms with E-state index in [1.54, 1.807) is 0 Å². The molecule has 3 nitrogen and oxygen atoms in total. The molecule has 2 heterocycles. The highest BCUT2D eigenvalue weighted by atomic mass is 15.2. The molecule has 3 heteroatoms. The average Bonchev–Trinajstić information content (AvgIpc) is 2.62. The highest BCUT2D eigenvalue weighted by Crippen LogP contribution is 2.34. The maximum Gasteiger partial charge on any atom is 0.0344 e. The lowest BCUT2D eigenvalue weighted by Gasteiger charge is -2.41. The molecule has 0 aromatic rings. The van der Waals surface area contributed by atoms with E-state index in [0.29, 0.717) is 5.54 Å². The lowest BCUT2D eigenvalue weighted by atomic mass is 9.88. The number of hydrogen-bond donors (Lipinski definition) is 1. The molecule has 2 saturated heterocycles. The van der Waals surface area contributed by atoms with Crippen LogP contribution in [-0.4, -0.2) is 54.6 Å². The Morgan fingerprint density at radius 2 is 1.78 bits per heavy atom. The van der Waals surface area contributed by atoms with Crippen molar-refractivity contribution in [2.45, 2.75) is 45.6 Å². The van der Waals surface area contributed by atoms with Gasteiger partial charge in [0.25, 0.3) is 0 Å². The number of rotatable bonds is 3. The molecular formula is C15H31N3. The van der Waals surface area contributed by atoms with Crippen molar-refractivity contribution in [1.82, 2.24) is 9.80 Å². The van der Waals surface area contributed by atoms with Gasteiger partial charge < -0.3 is 10.6 Å². The van der Waals surface area contributed by atoms with Gasteiger partial charge in [-0.2, -0.15) is 0 Å².